The fraction of sp³-hybridized carbons (Fsp3) is 0.389. The van der Waals surface area contributed by atoms with E-state index in [1.54, 1.807) is 6.07 Å². The lowest BCUT2D eigenvalue weighted by Gasteiger charge is -2.15. The third kappa shape index (κ3) is 4.49. The maximum Gasteiger partial charge on any atom is 0.416 e. The number of alkyl halides is 3. The summed E-state index contributed by atoms with van der Waals surface area (Å²) >= 11 is 0. The largest absolute Gasteiger partial charge is 0.416 e. The highest BCUT2D eigenvalue weighted by atomic mass is 19.4. The molecule has 1 aliphatic rings. The molecular formula is C18H18F3N5. The van der Waals surface area contributed by atoms with Gasteiger partial charge in [-0.05, 0) is 38.1 Å². The summed E-state index contributed by atoms with van der Waals surface area (Å²) < 4.78 is 38.8. The number of likely N-dealkylation sites (tertiary alicyclic amines) is 1. The topological polar surface area (TPSA) is 64.8 Å². The fourth-order valence-corrected chi connectivity index (χ4v) is 2.94. The van der Waals surface area contributed by atoms with Crippen LogP contribution in [0.4, 0.5) is 19.0 Å². The van der Waals surface area contributed by atoms with Gasteiger partial charge in [-0.2, -0.15) is 18.4 Å². The van der Waals surface area contributed by atoms with Crippen LogP contribution in [0, 0.1) is 11.3 Å². The van der Waals surface area contributed by atoms with Crippen LogP contribution in [-0.2, 0) is 6.18 Å². The van der Waals surface area contributed by atoms with Crippen LogP contribution in [0.2, 0.25) is 0 Å². The van der Waals surface area contributed by atoms with Crippen molar-refractivity contribution in [3.8, 4) is 17.3 Å². The van der Waals surface area contributed by atoms with Crippen molar-refractivity contribution in [3.05, 3.63) is 41.7 Å². The summed E-state index contributed by atoms with van der Waals surface area (Å²) in [5.41, 5.74) is -0.177. The van der Waals surface area contributed by atoms with Gasteiger partial charge in [-0.25, -0.2) is 9.97 Å². The summed E-state index contributed by atoms with van der Waals surface area (Å²) in [6, 6.07) is 8.32. The maximum absolute atomic E-state index is 12.9. The summed E-state index contributed by atoms with van der Waals surface area (Å²) in [5.74, 6) is 0.353. The van der Waals surface area contributed by atoms with Crippen LogP contribution in [0.25, 0.3) is 11.3 Å². The SMILES string of the molecule is N#Cc1nc(NCCN2CCCC2)cc(-c2cccc(C(F)(F)F)c2)n1. The third-order valence-corrected chi connectivity index (χ3v) is 4.24. The minimum atomic E-state index is -4.43. The van der Waals surface area contributed by atoms with Gasteiger partial charge in [0, 0.05) is 24.7 Å². The Morgan fingerprint density at radius 2 is 1.92 bits per heavy atom. The van der Waals surface area contributed by atoms with Gasteiger partial charge >= 0.3 is 6.18 Å². The van der Waals surface area contributed by atoms with Crippen LogP contribution in [0.3, 0.4) is 0 Å². The highest BCUT2D eigenvalue weighted by Crippen LogP contribution is 2.32. The van der Waals surface area contributed by atoms with Gasteiger partial charge < -0.3 is 10.2 Å². The molecule has 1 aliphatic heterocycles. The van der Waals surface area contributed by atoms with Crippen molar-refractivity contribution in [2.75, 3.05) is 31.5 Å². The van der Waals surface area contributed by atoms with Crippen molar-refractivity contribution >= 4 is 5.82 Å². The zero-order chi connectivity index (χ0) is 18.6. The molecule has 0 aliphatic carbocycles. The molecule has 5 nitrogen and oxygen atoms in total. The number of benzene rings is 1. The van der Waals surface area contributed by atoms with E-state index >= 15 is 0 Å². The zero-order valence-corrected chi connectivity index (χ0v) is 14.1. The lowest BCUT2D eigenvalue weighted by atomic mass is 10.1. The van der Waals surface area contributed by atoms with Gasteiger partial charge in [0.05, 0.1) is 11.3 Å². The molecule has 0 amide bonds. The summed E-state index contributed by atoms with van der Waals surface area (Å²) in [7, 11) is 0. The molecule has 0 bridgehead atoms. The van der Waals surface area contributed by atoms with Crippen LogP contribution in [0.1, 0.15) is 24.2 Å². The van der Waals surface area contributed by atoms with E-state index in [4.69, 9.17) is 5.26 Å². The first-order valence-corrected chi connectivity index (χ1v) is 8.39. The Morgan fingerprint density at radius 1 is 1.15 bits per heavy atom. The predicted octanol–water partition coefficient (Wildman–Crippen LogP) is 3.54. The zero-order valence-electron chi connectivity index (χ0n) is 14.1. The molecule has 136 valence electrons. The Hall–Kier alpha value is -2.66. The normalized spacial score (nSPS) is 15.0. The first-order valence-electron chi connectivity index (χ1n) is 8.39. The van der Waals surface area contributed by atoms with Gasteiger partial charge in [0.2, 0.25) is 5.82 Å². The first-order chi connectivity index (χ1) is 12.5. The van der Waals surface area contributed by atoms with Gasteiger partial charge in [-0.15, -0.1) is 0 Å². The number of nitrogens with one attached hydrogen (secondary N) is 1. The monoisotopic (exact) mass is 361 g/mol. The molecule has 26 heavy (non-hydrogen) atoms. The molecule has 1 fully saturated rings. The van der Waals surface area contributed by atoms with E-state index in [2.05, 4.69) is 20.2 Å². The highest BCUT2D eigenvalue weighted by molar-refractivity contribution is 5.64. The van der Waals surface area contributed by atoms with Crippen molar-refractivity contribution in [2.45, 2.75) is 19.0 Å². The second-order valence-electron chi connectivity index (χ2n) is 6.13. The Labute approximate surface area is 149 Å². The number of halogens is 3. The van der Waals surface area contributed by atoms with Crippen molar-refractivity contribution in [2.24, 2.45) is 0 Å². The van der Waals surface area contributed by atoms with Crippen LogP contribution >= 0.6 is 0 Å². The van der Waals surface area contributed by atoms with Crippen LogP contribution in [0.5, 0.6) is 0 Å². The minimum absolute atomic E-state index is 0.0800. The van der Waals surface area contributed by atoms with Gasteiger partial charge in [0.15, 0.2) is 0 Å². The van der Waals surface area contributed by atoms with Gasteiger partial charge in [0.25, 0.3) is 0 Å². The lowest BCUT2D eigenvalue weighted by Crippen LogP contribution is -2.26. The van der Waals surface area contributed by atoms with E-state index in [0.29, 0.717) is 17.9 Å². The number of hydrogen-bond acceptors (Lipinski definition) is 5. The lowest BCUT2D eigenvalue weighted by molar-refractivity contribution is -0.137. The first kappa shape index (κ1) is 18.1. The van der Waals surface area contributed by atoms with Crippen LogP contribution < -0.4 is 5.32 Å². The molecule has 0 unspecified atom stereocenters. The second-order valence-corrected chi connectivity index (χ2v) is 6.13. The van der Waals surface area contributed by atoms with Gasteiger partial charge in [-0.3, -0.25) is 0 Å². The predicted molar refractivity (Wildman–Crippen MR) is 91.3 cm³/mol. The van der Waals surface area contributed by atoms with E-state index in [1.165, 1.54) is 25.0 Å². The van der Waals surface area contributed by atoms with Gasteiger partial charge in [-0.1, -0.05) is 12.1 Å². The highest BCUT2D eigenvalue weighted by Gasteiger charge is 2.30. The Balaban J connectivity index is 1.80. The fourth-order valence-electron chi connectivity index (χ4n) is 2.94. The summed E-state index contributed by atoms with van der Waals surface area (Å²) in [6.07, 6.45) is -2.03. The number of nitrogens with zero attached hydrogens (tertiary/aromatic N) is 4. The third-order valence-electron chi connectivity index (χ3n) is 4.24. The molecule has 0 saturated carbocycles. The number of hydrogen-bond donors (Lipinski definition) is 1. The van der Waals surface area contributed by atoms with E-state index < -0.39 is 11.7 Å². The summed E-state index contributed by atoms with van der Waals surface area (Å²) in [4.78, 5) is 10.5. The van der Waals surface area contributed by atoms with Crippen molar-refractivity contribution in [1.29, 1.82) is 5.26 Å². The van der Waals surface area contributed by atoms with E-state index in [-0.39, 0.29) is 11.5 Å². The van der Waals surface area contributed by atoms with E-state index in [0.717, 1.165) is 31.8 Å². The number of nitriles is 1. The molecule has 3 rings (SSSR count). The minimum Gasteiger partial charge on any atom is -0.369 e. The van der Waals surface area contributed by atoms with Crippen LogP contribution in [-0.4, -0.2) is 41.0 Å². The molecule has 0 spiro atoms. The Bertz CT molecular complexity index is 807. The molecule has 1 saturated heterocycles. The standard InChI is InChI=1S/C18H18F3N5/c19-18(20,21)14-5-3-4-13(10-14)15-11-16(25-17(12-22)24-15)23-6-9-26-7-1-2-8-26/h3-5,10-11H,1-2,6-9H2,(H,23,24,25). The molecule has 0 radical (unpaired) electrons. The maximum atomic E-state index is 12.9. The molecular weight excluding hydrogens is 343 g/mol. The van der Waals surface area contributed by atoms with E-state index in [9.17, 15) is 13.2 Å². The van der Waals surface area contributed by atoms with Crippen LogP contribution in [0.15, 0.2) is 30.3 Å². The molecule has 1 aromatic carbocycles. The average Bonchev–Trinajstić information content (AvgIpc) is 3.14. The Kier molecular flexibility index (Phi) is 5.38. The van der Waals surface area contributed by atoms with Crippen molar-refractivity contribution in [3.63, 3.8) is 0 Å². The quantitative estimate of drug-likeness (QED) is 0.882. The molecule has 2 heterocycles. The molecule has 0 atom stereocenters. The van der Waals surface area contributed by atoms with E-state index in [1.807, 2.05) is 6.07 Å². The summed E-state index contributed by atoms with van der Waals surface area (Å²) in [6.45, 7) is 3.64. The second kappa shape index (κ2) is 7.70. The molecule has 1 aromatic heterocycles. The molecule has 1 N–H and O–H groups in total. The van der Waals surface area contributed by atoms with Gasteiger partial charge in [0.1, 0.15) is 11.9 Å². The average molecular weight is 361 g/mol. The smallest absolute Gasteiger partial charge is 0.369 e. The number of aromatic nitrogens is 2. The Morgan fingerprint density at radius 3 is 2.62 bits per heavy atom. The number of rotatable bonds is 5. The molecule has 8 heteroatoms. The number of anilines is 1. The van der Waals surface area contributed by atoms with Crippen molar-refractivity contribution < 1.29 is 13.2 Å². The molecule has 2 aromatic rings. The summed E-state index contributed by atoms with van der Waals surface area (Å²) in [5, 5.41) is 12.3. The van der Waals surface area contributed by atoms with Crippen molar-refractivity contribution in [1.82, 2.24) is 14.9 Å².